The third-order valence-electron chi connectivity index (χ3n) is 4.98. The van der Waals surface area contributed by atoms with Crippen LogP contribution in [0.1, 0.15) is 22.4 Å². The molecule has 1 aromatic heterocycles. The lowest BCUT2D eigenvalue weighted by molar-refractivity contribution is -0.119. The fraction of sp³-hybridized carbons (Fsp3) is 0.182. The van der Waals surface area contributed by atoms with Crippen LogP contribution in [0, 0.1) is 12.7 Å². The van der Waals surface area contributed by atoms with Crippen LogP contribution in [0.4, 0.5) is 15.2 Å². The van der Waals surface area contributed by atoms with E-state index < -0.39 is 23.7 Å². The van der Waals surface area contributed by atoms with Gasteiger partial charge in [0.2, 0.25) is 5.91 Å². The molecule has 10 heteroatoms. The summed E-state index contributed by atoms with van der Waals surface area (Å²) in [5.41, 5.74) is 8.14. The summed E-state index contributed by atoms with van der Waals surface area (Å²) in [7, 11) is 0. The number of amides is 2. The highest BCUT2D eigenvalue weighted by atomic mass is 35.5. The number of hydrogen-bond donors (Lipinski definition) is 2. The number of halogens is 2. The van der Waals surface area contributed by atoms with Crippen molar-refractivity contribution in [1.29, 1.82) is 0 Å². The molecule has 2 aromatic carbocycles. The first-order valence-corrected chi connectivity index (χ1v) is 10.9. The molecule has 1 aliphatic rings. The van der Waals surface area contributed by atoms with Crippen LogP contribution < -0.4 is 16.1 Å². The number of hydrazone groups is 1. The Hall–Kier alpha value is -3.30. The van der Waals surface area contributed by atoms with E-state index in [0.29, 0.717) is 22.3 Å². The Bertz CT molecular complexity index is 1210. The molecule has 0 saturated heterocycles. The normalized spacial score (nSPS) is 15.5. The molecule has 1 atom stereocenters. The number of nitrogens with zero attached hydrogens (tertiary/aromatic N) is 3. The van der Waals surface area contributed by atoms with E-state index in [9.17, 15) is 14.0 Å². The van der Waals surface area contributed by atoms with Gasteiger partial charge in [0.25, 0.3) is 5.91 Å². The summed E-state index contributed by atoms with van der Waals surface area (Å²) in [4.78, 5) is 29.8. The maximum absolute atomic E-state index is 13.2. The molecule has 3 N–H and O–H groups in total. The van der Waals surface area contributed by atoms with Crippen molar-refractivity contribution < 1.29 is 14.0 Å². The van der Waals surface area contributed by atoms with E-state index in [2.05, 4.69) is 15.4 Å². The summed E-state index contributed by atoms with van der Waals surface area (Å²) < 4.78 is 13.2. The third kappa shape index (κ3) is 4.79. The molecule has 1 aliphatic heterocycles. The van der Waals surface area contributed by atoms with Crippen molar-refractivity contribution in [3.05, 3.63) is 75.5 Å². The fourth-order valence-corrected chi connectivity index (χ4v) is 4.31. The topological polar surface area (TPSA) is 101 Å². The molecule has 7 nitrogen and oxygen atoms in total. The summed E-state index contributed by atoms with van der Waals surface area (Å²) in [6.45, 7) is 1.94. The first-order chi connectivity index (χ1) is 15.3. The number of thiazole rings is 1. The molecular formula is C22H19ClFN5O2S. The van der Waals surface area contributed by atoms with Crippen LogP contribution in [-0.2, 0) is 16.0 Å². The van der Waals surface area contributed by atoms with Gasteiger partial charge in [0.1, 0.15) is 17.6 Å². The van der Waals surface area contributed by atoms with Gasteiger partial charge in [0.15, 0.2) is 5.13 Å². The number of nitrogens with two attached hydrogens (primary N) is 1. The minimum absolute atomic E-state index is 0.0403. The zero-order chi connectivity index (χ0) is 22.8. The molecule has 164 valence electrons. The maximum Gasteiger partial charge on any atom is 0.273 e. The van der Waals surface area contributed by atoms with E-state index in [-0.39, 0.29) is 12.1 Å². The SMILES string of the molecule is Cc1ccc(Cc2cnc(NC(=O)C3=NN(c4ccc(F)cc4)C(C(N)=O)C3)s2)cc1Cl. The Morgan fingerprint density at radius 3 is 2.72 bits per heavy atom. The molecule has 0 spiro atoms. The Kier molecular flexibility index (Phi) is 6.20. The quantitative estimate of drug-likeness (QED) is 0.569. The van der Waals surface area contributed by atoms with Gasteiger partial charge in [-0.1, -0.05) is 23.7 Å². The van der Waals surface area contributed by atoms with Crippen LogP contribution >= 0.6 is 22.9 Å². The highest BCUT2D eigenvalue weighted by molar-refractivity contribution is 7.15. The van der Waals surface area contributed by atoms with E-state index >= 15 is 0 Å². The molecule has 0 radical (unpaired) electrons. The number of anilines is 2. The highest BCUT2D eigenvalue weighted by Crippen LogP contribution is 2.27. The summed E-state index contributed by atoms with van der Waals surface area (Å²) >= 11 is 7.53. The monoisotopic (exact) mass is 471 g/mol. The minimum Gasteiger partial charge on any atom is -0.368 e. The number of benzene rings is 2. The molecule has 0 fully saturated rings. The predicted octanol–water partition coefficient (Wildman–Crippen LogP) is 3.89. The second kappa shape index (κ2) is 9.05. The highest BCUT2D eigenvalue weighted by Gasteiger charge is 2.35. The van der Waals surface area contributed by atoms with Gasteiger partial charge in [-0.2, -0.15) is 5.10 Å². The van der Waals surface area contributed by atoms with E-state index in [0.717, 1.165) is 16.0 Å². The zero-order valence-electron chi connectivity index (χ0n) is 17.0. The van der Waals surface area contributed by atoms with Gasteiger partial charge < -0.3 is 5.73 Å². The Morgan fingerprint density at radius 1 is 1.28 bits per heavy atom. The van der Waals surface area contributed by atoms with Crippen LogP contribution in [0.3, 0.4) is 0 Å². The third-order valence-corrected chi connectivity index (χ3v) is 6.30. The lowest BCUT2D eigenvalue weighted by Gasteiger charge is -2.20. The second-order valence-corrected chi connectivity index (χ2v) is 8.86. The van der Waals surface area contributed by atoms with Crippen LogP contribution in [0.25, 0.3) is 0 Å². The van der Waals surface area contributed by atoms with E-state index in [4.69, 9.17) is 17.3 Å². The first-order valence-electron chi connectivity index (χ1n) is 9.73. The van der Waals surface area contributed by atoms with Crippen molar-refractivity contribution in [3.8, 4) is 0 Å². The van der Waals surface area contributed by atoms with Crippen molar-refractivity contribution in [2.24, 2.45) is 10.8 Å². The molecule has 0 bridgehead atoms. The number of carbonyl (C=O) groups excluding carboxylic acids is 2. The first kappa shape index (κ1) is 21.9. The fourth-order valence-electron chi connectivity index (χ4n) is 3.26. The molecule has 2 heterocycles. The second-order valence-electron chi connectivity index (χ2n) is 7.34. The molecule has 32 heavy (non-hydrogen) atoms. The minimum atomic E-state index is -0.834. The van der Waals surface area contributed by atoms with Crippen LogP contribution in [0.5, 0.6) is 0 Å². The number of nitrogens with one attached hydrogen (secondary N) is 1. The lowest BCUT2D eigenvalue weighted by Crippen LogP contribution is -2.39. The largest absolute Gasteiger partial charge is 0.368 e. The van der Waals surface area contributed by atoms with Crippen molar-refractivity contribution in [1.82, 2.24) is 4.98 Å². The van der Waals surface area contributed by atoms with Crippen LogP contribution in [0.15, 0.2) is 53.8 Å². The summed E-state index contributed by atoms with van der Waals surface area (Å²) in [6, 6.07) is 10.5. The summed E-state index contributed by atoms with van der Waals surface area (Å²) in [5, 5.41) is 9.44. The van der Waals surface area contributed by atoms with Gasteiger partial charge in [-0.25, -0.2) is 9.37 Å². The molecule has 3 aromatic rings. The molecule has 2 amide bonds. The average molecular weight is 472 g/mol. The van der Waals surface area contributed by atoms with E-state index in [1.807, 2.05) is 25.1 Å². The van der Waals surface area contributed by atoms with Gasteiger partial charge in [-0.3, -0.25) is 19.9 Å². The van der Waals surface area contributed by atoms with Crippen molar-refractivity contribution in [3.63, 3.8) is 0 Å². The van der Waals surface area contributed by atoms with Gasteiger partial charge in [0.05, 0.1) is 5.69 Å². The average Bonchev–Trinajstić information content (AvgIpc) is 3.39. The predicted molar refractivity (Wildman–Crippen MR) is 124 cm³/mol. The number of primary amides is 1. The van der Waals surface area contributed by atoms with E-state index in [1.165, 1.54) is 40.6 Å². The van der Waals surface area contributed by atoms with E-state index in [1.54, 1.807) is 6.20 Å². The number of aryl methyl sites for hydroxylation is 1. The lowest BCUT2D eigenvalue weighted by atomic mass is 10.1. The van der Waals surface area contributed by atoms with Gasteiger partial charge in [-0.15, -0.1) is 11.3 Å². The number of hydrogen-bond acceptors (Lipinski definition) is 6. The van der Waals surface area contributed by atoms with Crippen LogP contribution in [0.2, 0.25) is 5.02 Å². The standard InChI is InChI=1S/C22H19ClFN5O2S/c1-12-2-3-13(9-17(12)23)8-16-11-26-22(32-16)27-21(31)18-10-19(20(25)30)29(28-18)15-6-4-14(24)5-7-15/h2-7,9,11,19H,8,10H2,1H3,(H2,25,30)(H,26,27,31). The summed E-state index contributed by atoms with van der Waals surface area (Å²) in [6.07, 6.45) is 2.37. The Balaban J connectivity index is 1.46. The molecule has 4 rings (SSSR count). The molecule has 1 unspecified atom stereocenters. The number of rotatable bonds is 6. The van der Waals surface area contributed by atoms with Gasteiger partial charge in [0, 0.05) is 28.9 Å². The molecule has 0 aliphatic carbocycles. The molecular weight excluding hydrogens is 453 g/mol. The van der Waals surface area contributed by atoms with Gasteiger partial charge >= 0.3 is 0 Å². The Morgan fingerprint density at radius 2 is 2.03 bits per heavy atom. The Labute approximate surface area is 192 Å². The van der Waals surface area contributed by atoms with Gasteiger partial charge in [-0.05, 0) is 48.4 Å². The zero-order valence-corrected chi connectivity index (χ0v) is 18.6. The summed E-state index contributed by atoms with van der Waals surface area (Å²) in [5.74, 6) is -1.52. The number of carbonyl (C=O) groups is 2. The maximum atomic E-state index is 13.2. The van der Waals surface area contributed by atoms with Crippen molar-refractivity contribution in [2.75, 3.05) is 10.3 Å². The van der Waals surface area contributed by atoms with Crippen LogP contribution in [-0.4, -0.2) is 28.6 Å². The van der Waals surface area contributed by atoms with Crippen molar-refractivity contribution in [2.45, 2.75) is 25.8 Å². The smallest absolute Gasteiger partial charge is 0.273 e. The molecule has 0 saturated carbocycles. The number of aromatic nitrogens is 1. The van der Waals surface area contributed by atoms with Crippen molar-refractivity contribution >= 4 is 51.3 Å².